The highest BCUT2D eigenvalue weighted by Gasteiger charge is 2.19. The van der Waals surface area contributed by atoms with Crippen molar-refractivity contribution in [2.45, 2.75) is 12.6 Å². The number of rotatable bonds is 5. The minimum atomic E-state index is -0.904. The molecule has 2 rings (SSSR count). The molecule has 1 atom stereocenters. The van der Waals surface area contributed by atoms with Gasteiger partial charge in [-0.25, -0.2) is 8.78 Å². The first kappa shape index (κ1) is 16.1. The van der Waals surface area contributed by atoms with Crippen LogP contribution in [0.5, 0.6) is 0 Å². The standard InChI is InChI=1S/C14H17BrF2N4/c1-20(2)5-6-21-14(10(15)8-19-21)13(18)9-3-4-11(16)12(17)7-9/h3-4,7-8,13H,5-6,18H2,1-2H3. The van der Waals surface area contributed by atoms with Crippen molar-refractivity contribution in [1.82, 2.24) is 14.7 Å². The van der Waals surface area contributed by atoms with E-state index < -0.39 is 17.7 Å². The first-order valence-corrected chi connectivity index (χ1v) is 7.26. The zero-order chi connectivity index (χ0) is 15.6. The SMILES string of the molecule is CN(C)CCn1ncc(Br)c1C(N)c1ccc(F)c(F)c1. The normalized spacial score (nSPS) is 12.9. The smallest absolute Gasteiger partial charge is 0.159 e. The molecule has 4 nitrogen and oxygen atoms in total. The molecule has 0 aliphatic carbocycles. The molecule has 1 heterocycles. The van der Waals surface area contributed by atoms with Gasteiger partial charge >= 0.3 is 0 Å². The van der Waals surface area contributed by atoms with Gasteiger partial charge in [-0.1, -0.05) is 6.07 Å². The van der Waals surface area contributed by atoms with Crippen molar-refractivity contribution in [3.05, 3.63) is 51.8 Å². The highest BCUT2D eigenvalue weighted by molar-refractivity contribution is 9.10. The molecule has 114 valence electrons. The van der Waals surface area contributed by atoms with Gasteiger partial charge in [-0.3, -0.25) is 4.68 Å². The molecule has 0 bridgehead atoms. The van der Waals surface area contributed by atoms with Crippen LogP contribution in [-0.2, 0) is 6.54 Å². The first-order valence-electron chi connectivity index (χ1n) is 6.46. The van der Waals surface area contributed by atoms with Gasteiger partial charge in [0.05, 0.1) is 29.0 Å². The Hall–Kier alpha value is -1.31. The summed E-state index contributed by atoms with van der Waals surface area (Å²) in [6, 6.07) is 3.10. The van der Waals surface area contributed by atoms with Crippen LogP contribution in [0, 0.1) is 11.6 Å². The Morgan fingerprint density at radius 2 is 2.05 bits per heavy atom. The molecule has 0 aliphatic rings. The number of likely N-dealkylation sites (N-methyl/N-ethyl adjacent to an activating group) is 1. The van der Waals surface area contributed by atoms with E-state index in [0.29, 0.717) is 12.1 Å². The number of nitrogens with two attached hydrogens (primary N) is 1. The molecule has 0 spiro atoms. The monoisotopic (exact) mass is 358 g/mol. The van der Waals surface area contributed by atoms with E-state index in [1.807, 2.05) is 19.0 Å². The van der Waals surface area contributed by atoms with Crippen molar-refractivity contribution in [2.24, 2.45) is 5.73 Å². The van der Waals surface area contributed by atoms with E-state index in [4.69, 9.17) is 5.73 Å². The fraction of sp³-hybridized carbons (Fsp3) is 0.357. The van der Waals surface area contributed by atoms with Crippen molar-refractivity contribution in [2.75, 3.05) is 20.6 Å². The molecule has 0 fully saturated rings. The second kappa shape index (κ2) is 6.64. The first-order chi connectivity index (χ1) is 9.90. The number of hydrogen-bond donors (Lipinski definition) is 1. The summed E-state index contributed by atoms with van der Waals surface area (Å²) in [5.41, 5.74) is 7.43. The van der Waals surface area contributed by atoms with E-state index >= 15 is 0 Å². The fourth-order valence-corrected chi connectivity index (χ4v) is 2.56. The Morgan fingerprint density at radius 3 is 2.67 bits per heavy atom. The molecule has 2 aromatic rings. The van der Waals surface area contributed by atoms with Crippen LogP contribution in [-0.4, -0.2) is 35.3 Å². The van der Waals surface area contributed by atoms with Gasteiger partial charge in [0.2, 0.25) is 0 Å². The molecule has 0 radical (unpaired) electrons. The lowest BCUT2D eigenvalue weighted by Crippen LogP contribution is -2.23. The Labute approximate surface area is 130 Å². The van der Waals surface area contributed by atoms with E-state index in [2.05, 4.69) is 21.0 Å². The number of hydrogen-bond acceptors (Lipinski definition) is 3. The maximum Gasteiger partial charge on any atom is 0.159 e. The molecular formula is C14H17BrF2N4. The van der Waals surface area contributed by atoms with Gasteiger partial charge in [-0.15, -0.1) is 0 Å². The average Bonchev–Trinajstić information content (AvgIpc) is 2.80. The van der Waals surface area contributed by atoms with E-state index in [0.717, 1.165) is 28.8 Å². The summed E-state index contributed by atoms with van der Waals surface area (Å²) in [6.45, 7) is 1.46. The van der Waals surface area contributed by atoms with Crippen LogP contribution in [0.15, 0.2) is 28.9 Å². The van der Waals surface area contributed by atoms with Gasteiger partial charge in [0.1, 0.15) is 0 Å². The Balaban J connectivity index is 2.31. The van der Waals surface area contributed by atoms with Crippen LogP contribution in [0.2, 0.25) is 0 Å². The molecule has 7 heteroatoms. The molecule has 1 aromatic heterocycles. The third-order valence-corrected chi connectivity index (χ3v) is 3.80. The van der Waals surface area contributed by atoms with Crippen LogP contribution in [0.1, 0.15) is 17.3 Å². The Morgan fingerprint density at radius 1 is 1.33 bits per heavy atom. The van der Waals surface area contributed by atoms with E-state index in [1.54, 1.807) is 10.9 Å². The van der Waals surface area contributed by atoms with Gasteiger partial charge in [0.15, 0.2) is 11.6 Å². The minimum Gasteiger partial charge on any atom is -0.319 e. The van der Waals surface area contributed by atoms with Crippen molar-refractivity contribution in [3.63, 3.8) is 0 Å². The summed E-state index contributed by atoms with van der Waals surface area (Å²) in [5, 5.41) is 4.27. The van der Waals surface area contributed by atoms with Gasteiger partial charge in [0, 0.05) is 6.54 Å². The van der Waals surface area contributed by atoms with E-state index in [1.165, 1.54) is 6.07 Å². The van der Waals surface area contributed by atoms with E-state index in [-0.39, 0.29) is 0 Å². The molecule has 1 aromatic carbocycles. The van der Waals surface area contributed by atoms with Gasteiger partial charge < -0.3 is 10.6 Å². The second-order valence-corrected chi connectivity index (χ2v) is 5.91. The second-order valence-electron chi connectivity index (χ2n) is 5.06. The summed E-state index contributed by atoms with van der Waals surface area (Å²) in [4.78, 5) is 2.03. The topological polar surface area (TPSA) is 47.1 Å². The highest BCUT2D eigenvalue weighted by Crippen LogP contribution is 2.27. The zero-order valence-corrected chi connectivity index (χ0v) is 13.4. The number of aromatic nitrogens is 2. The van der Waals surface area contributed by atoms with Crippen LogP contribution in [0.25, 0.3) is 0 Å². The molecule has 0 saturated carbocycles. The summed E-state index contributed by atoms with van der Waals surface area (Å²) in [6.07, 6.45) is 1.66. The average molecular weight is 359 g/mol. The van der Waals surface area contributed by atoms with Gasteiger partial charge in [-0.05, 0) is 47.7 Å². The zero-order valence-electron chi connectivity index (χ0n) is 11.9. The van der Waals surface area contributed by atoms with Crippen molar-refractivity contribution >= 4 is 15.9 Å². The lowest BCUT2D eigenvalue weighted by atomic mass is 10.0. The van der Waals surface area contributed by atoms with Crippen molar-refractivity contribution in [3.8, 4) is 0 Å². The molecular weight excluding hydrogens is 342 g/mol. The molecule has 2 N–H and O–H groups in total. The van der Waals surface area contributed by atoms with Crippen LogP contribution >= 0.6 is 15.9 Å². The number of benzene rings is 1. The number of halogens is 3. The lowest BCUT2D eigenvalue weighted by molar-refractivity contribution is 0.368. The summed E-state index contributed by atoms with van der Waals surface area (Å²) in [5.74, 6) is -1.79. The summed E-state index contributed by atoms with van der Waals surface area (Å²) >= 11 is 3.41. The van der Waals surface area contributed by atoms with Crippen LogP contribution < -0.4 is 5.73 Å². The van der Waals surface area contributed by atoms with E-state index in [9.17, 15) is 8.78 Å². The fourth-order valence-electron chi connectivity index (χ4n) is 2.02. The summed E-state index contributed by atoms with van der Waals surface area (Å²) in [7, 11) is 3.93. The lowest BCUT2D eigenvalue weighted by Gasteiger charge is -2.17. The molecule has 1 unspecified atom stereocenters. The third kappa shape index (κ3) is 3.66. The molecule has 0 saturated heterocycles. The maximum absolute atomic E-state index is 13.4. The van der Waals surface area contributed by atoms with Gasteiger partial charge in [-0.2, -0.15) is 5.10 Å². The Kier molecular flexibility index (Phi) is 5.08. The maximum atomic E-state index is 13.4. The third-order valence-electron chi connectivity index (χ3n) is 3.19. The quantitative estimate of drug-likeness (QED) is 0.893. The van der Waals surface area contributed by atoms with Crippen LogP contribution in [0.3, 0.4) is 0 Å². The van der Waals surface area contributed by atoms with Gasteiger partial charge in [0.25, 0.3) is 0 Å². The molecule has 0 aliphatic heterocycles. The Bertz CT molecular complexity index is 627. The summed E-state index contributed by atoms with van der Waals surface area (Å²) < 4.78 is 28.9. The van der Waals surface area contributed by atoms with Crippen molar-refractivity contribution in [1.29, 1.82) is 0 Å². The molecule has 0 amide bonds. The largest absolute Gasteiger partial charge is 0.319 e. The highest BCUT2D eigenvalue weighted by atomic mass is 79.9. The predicted molar refractivity (Wildman–Crippen MR) is 80.9 cm³/mol. The molecule has 21 heavy (non-hydrogen) atoms. The predicted octanol–water partition coefficient (Wildman–Crippen LogP) is 2.53. The minimum absolute atomic E-state index is 0.501. The van der Waals surface area contributed by atoms with Crippen molar-refractivity contribution < 1.29 is 8.78 Å². The number of nitrogens with zero attached hydrogens (tertiary/aromatic N) is 3. The van der Waals surface area contributed by atoms with Crippen LogP contribution in [0.4, 0.5) is 8.78 Å².